The molecule has 0 aromatic heterocycles. The van der Waals surface area contributed by atoms with Gasteiger partial charge in [0, 0.05) is 0 Å². The van der Waals surface area contributed by atoms with E-state index in [1.54, 1.807) is 0 Å². The van der Waals surface area contributed by atoms with E-state index in [4.69, 9.17) is 0 Å². The first kappa shape index (κ1) is 66.3. The van der Waals surface area contributed by atoms with E-state index < -0.39 is 0 Å². The summed E-state index contributed by atoms with van der Waals surface area (Å²) in [5.41, 5.74) is 0. The summed E-state index contributed by atoms with van der Waals surface area (Å²) < 4.78 is 0. The summed E-state index contributed by atoms with van der Waals surface area (Å²) in [6.07, 6.45) is 0. The van der Waals surface area contributed by atoms with Gasteiger partial charge < -0.3 is 53.9 Å². The largest absolute Gasteiger partial charge is 3.00 e. The van der Waals surface area contributed by atoms with E-state index in [1.165, 1.54) is 0 Å². The van der Waals surface area contributed by atoms with E-state index in [9.17, 15) is 0 Å². The van der Waals surface area contributed by atoms with Gasteiger partial charge >= 0.3 is 78.2 Å². The Kier molecular flexibility index (Phi) is 465. The van der Waals surface area contributed by atoms with Gasteiger partial charge in [-0.3, -0.25) is 0 Å². The third kappa shape index (κ3) is 39.0. The van der Waals surface area contributed by atoms with Crippen molar-refractivity contribution in [3.63, 3.8) is 0 Å². The molecule has 0 fully saturated rings. The fourth-order valence-corrected chi connectivity index (χ4v) is 0. The molecule has 7 heteroatoms. The molecule has 24 valence electrons. The van der Waals surface area contributed by atoms with Gasteiger partial charge in [0.05, 0.1) is 0 Å². The Morgan fingerprint density at radius 2 is 0.429 bits per heavy atom. The van der Waals surface area contributed by atoms with Crippen molar-refractivity contribution in [2.45, 2.75) is 0 Å². The van der Waals surface area contributed by atoms with Crippen LogP contribution in [0.25, 0.3) is 0 Å². The van der Waals surface area contributed by atoms with Crippen molar-refractivity contribution in [2.75, 3.05) is 0 Å². The van der Waals surface area contributed by atoms with Crippen LogP contribution in [0, 0.1) is 0 Å². The molecule has 0 nitrogen and oxygen atoms in total. The van der Waals surface area contributed by atoms with Gasteiger partial charge in [-0.25, -0.2) is 0 Å². The van der Waals surface area contributed by atoms with Crippen LogP contribution in [0.1, 0.15) is 0 Å². The Bertz CT molecular complexity index is 10.1. The number of hydrogen-bond donors (Lipinski definition) is 0. The summed E-state index contributed by atoms with van der Waals surface area (Å²) in [5.74, 6) is 0. The minimum absolute atomic E-state index is 0. The Labute approximate surface area is 130 Å². The summed E-state index contributed by atoms with van der Waals surface area (Å²) in [7, 11) is 0. The summed E-state index contributed by atoms with van der Waals surface area (Å²) in [6.45, 7) is 0. The second kappa shape index (κ2) is 49.1. The normalized spacial score (nSPS) is 0. The standard InChI is InChI=1S/3As.Ga.3Zn/q3*-3;+3;3*+2. The van der Waals surface area contributed by atoms with Crippen molar-refractivity contribution in [2.24, 2.45) is 0 Å². The molecule has 0 atom stereocenters. The first-order valence-electron chi connectivity index (χ1n) is 0. The first-order valence-corrected chi connectivity index (χ1v) is 0. The predicted octanol–water partition coefficient (Wildman–Crippen LogP) is -1.53. The molecule has 0 bridgehead atoms. The Hall–Kier alpha value is 4.18. The van der Waals surface area contributed by atoms with Crippen LogP contribution in [0.3, 0.4) is 0 Å². The number of hydrogen-bond acceptors (Lipinski definition) is 0. The van der Waals surface area contributed by atoms with Gasteiger partial charge in [0.15, 0.2) is 0 Å². The molecule has 0 saturated heterocycles. The van der Waals surface area contributed by atoms with Gasteiger partial charge in [0.25, 0.3) is 0 Å². The molecule has 0 radical (unpaired) electrons. The van der Waals surface area contributed by atoms with Crippen molar-refractivity contribution < 1.29 is 58.4 Å². The van der Waals surface area contributed by atoms with E-state index in [0.717, 1.165) is 0 Å². The molecular weight excluding hydrogens is 491 g/mol. The fraction of sp³-hybridized carbons (Fsp3) is 0. The van der Waals surface area contributed by atoms with Crippen LogP contribution in [0.4, 0.5) is 0 Å². The van der Waals surface area contributed by atoms with Gasteiger partial charge in [-0.05, 0) is 0 Å². The van der Waals surface area contributed by atoms with Crippen LogP contribution in [0.5, 0.6) is 0 Å². The van der Waals surface area contributed by atoms with Crippen LogP contribution in [-0.2, 0) is 58.4 Å². The van der Waals surface area contributed by atoms with Gasteiger partial charge in [-0.2, -0.15) is 0 Å². The summed E-state index contributed by atoms with van der Waals surface area (Å²) in [4.78, 5) is 0. The van der Waals surface area contributed by atoms with Gasteiger partial charge in [0.1, 0.15) is 0 Å². The quantitative estimate of drug-likeness (QED) is 0.362. The van der Waals surface area contributed by atoms with Crippen molar-refractivity contribution >= 4 is 73.7 Å². The van der Waals surface area contributed by atoms with Crippen molar-refractivity contribution in [1.29, 1.82) is 0 Å². The second-order valence-corrected chi connectivity index (χ2v) is 0. The van der Waals surface area contributed by atoms with E-state index >= 15 is 0 Å². The summed E-state index contributed by atoms with van der Waals surface area (Å²) in [6, 6.07) is 0. The Morgan fingerprint density at radius 1 is 0.429 bits per heavy atom. The summed E-state index contributed by atoms with van der Waals surface area (Å²) >= 11 is 0. The third-order valence-corrected chi connectivity index (χ3v) is 0. The van der Waals surface area contributed by atoms with Crippen LogP contribution in [0.15, 0.2) is 0 Å². The van der Waals surface area contributed by atoms with Gasteiger partial charge in [-0.15, -0.1) is 0 Å². The average Bonchev–Trinajstić information content (AvgIpc) is 0. The molecule has 0 aliphatic carbocycles. The minimum Gasteiger partial charge on any atom is -3.00 e. The third-order valence-electron chi connectivity index (χ3n) is 0. The maximum absolute atomic E-state index is 0. The monoisotopic (exact) mass is 485 g/mol. The molecule has 0 unspecified atom stereocenters. The zero-order valence-corrected chi connectivity index (χ0v) is 21.0. The Balaban J connectivity index is 0. The van der Waals surface area contributed by atoms with Gasteiger partial charge in [0.2, 0.25) is 0 Å². The smallest absolute Gasteiger partial charge is 3.00 e. The molecule has 7 heavy (non-hydrogen) atoms. The van der Waals surface area contributed by atoms with Crippen LogP contribution < -0.4 is 0 Å². The zero-order chi connectivity index (χ0) is 0. The average molecular weight is 491 g/mol. The molecule has 0 aliphatic heterocycles. The molecule has 0 heterocycles. The minimum atomic E-state index is 0. The number of rotatable bonds is 0. The Morgan fingerprint density at radius 3 is 0.429 bits per heavy atom. The molecule has 0 aromatic carbocycles. The van der Waals surface area contributed by atoms with Crippen molar-refractivity contribution in [3.05, 3.63) is 0 Å². The molecule has 0 amide bonds. The maximum atomic E-state index is 0. The van der Waals surface area contributed by atoms with E-state index in [1.807, 2.05) is 0 Å². The first-order chi connectivity index (χ1) is 0. The fourth-order valence-electron chi connectivity index (χ4n) is 0. The van der Waals surface area contributed by atoms with Gasteiger partial charge in [-0.1, -0.05) is 0 Å². The molecule has 0 aliphatic rings. The SMILES string of the molecule is [As-3].[As-3].[As-3].[Ga+3].[Zn+2].[Zn+2].[Zn+2]. The summed E-state index contributed by atoms with van der Waals surface area (Å²) in [5, 5.41) is 0. The predicted molar refractivity (Wildman–Crippen MR) is 23.0 cm³/mol. The van der Waals surface area contributed by atoms with E-state index in [2.05, 4.69) is 0 Å². The maximum Gasteiger partial charge on any atom is 3.00 e. The topological polar surface area (TPSA) is 0 Å². The molecule has 0 saturated carbocycles. The zero-order valence-electron chi connectivity index (χ0n) is 4.04. The van der Waals surface area contributed by atoms with Crippen LogP contribution in [0.2, 0.25) is 0 Å². The second-order valence-electron chi connectivity index (χ2n) is 0. The molecule has 0 N–H and O–H groups in total. The van der Waals surface area contributed by atoms with E-state index in [0.29, 0.717) is 0 Å². The molecule has 0 rings (SSSR count). The van der Waals surface area contributed by atoms with E-state index in [-0.39, 0.29) is 132 Å². The molecule has 0 spiro atoms. The van der Waals surface area contributed by atoms with Crippen LogP contribution >= 0.6 is 0 Å². The van der Waals surface area contributed by atoms with Crippen molar-refractivity contribution in [3.8, 4) is 0 Å². The molecule has 0 aromatic rings. The van der Waals surface area contributed by atoms with Crippen molar-refractivity contribution in [1.82, 2.24) is 0 Å². The van der Waals surface area contributed by atoms with Crippen LogP contribution in [-0.4, -0.2) is 73.7 Å². The molecular formula is As3GaZn3.